The van der Waals surface area contributed by atoms with Gasteiger partial charge in [-0.2, -0.15) is 0 Å². The number of pyridine rings is 1. The maximum Gasteiger partial charge on any atom is 0.188 e. The van der Waals surface area contributed by atoms with Crippen molar-refractivity contribution in [2.75, 3.05) is 13.1 Å². The van der Waals surface area contributed by atoms with E-state index in [0.717, 1.165) is 37.4 Å². The molecule has 0 aliphatic heterocycles. The van der Waals surface area contributed by atoms with Crippen LogP contribution in [0.25, 0.3) is 0 Å². The Morgan fingerprint density at radius 1 is 1.00 bits per heavy atom. The Morgan fingerprint density at radius 3 is 2.59 bits per heavy atom. The molecule has 6 nitrogen and oxygen atoms in total. The molecule has 2 heterocycles. The Morgan fingerprint density at radius 2 is 1.81 bits per heavy atom. The van der Waals surface area contributed by atoms with Crippen molar-refractivity contribution in [3.05, 3.63) is 84.2 Å². The predicted octanol–water partition coefficient (Wildman–Crippen LogP) is 2.63. The summed E-state index contributed by atoms with van der Waals surface area (Å²) in [6.45, 7) is 2.14. The van der Waals surface area contributed by atoms with Gasteiger partial charge >= 0.3 is 0 Å². The van der Waals surface area contributed by atoms with Crippen LogP contribution in [0.1, 0.15) is 17.1 Å². The minimum atomic E-state index is 0. The number of benzene rings is 1. The maximum absolute atomic E-state index is 5.93. The fourth-order valence-corrected chi connectivity index (χ4v) is 2.69. The van der Waals surface area contributed by atoms with Crippen LogP contribution in [0, 0.1) is 0 Å². The Hall–Kier alpha value is -2.42. The number of imidazole rings is 1. The van der Waals surface area contributed by atoms with Gasteiger partial charge in [0.2, 0.25) is 0 Å². The van der Waals surface area contributed by atoms with E-state index in [9.17, 15) is 0 Å². The summed E-state index contributed by atoms with van der Waals surface area (Å²) >= 11 is 0. The van der Waals surface area contributed by atoms with Gasteiger partial charge in [0.1, 0.15) is 5.82 Å². The SMILES string of the molecule is I.NC(=NCCc1nccn1Cc1ccccc1)NCCc1ccccn1. The zero-order chi connectivity index (χ0) is 18.0. The fraction of sp³-hybridized carbons (Fsp3) is 0.250. The lowest BCUT2D eigenvalue weighted by molar-refractivity contribution is 0.715. The minimum absolute atomic E-state index is 0. The number of halogens is 1. The second-order valence-electron chi connectivity index (χ2n) is 5.97. The number of hydrogen-bond donors (Lipinski definition) is 2. The summed E-state index contributed by atoms with van der Waals surface area (Å²) < 4.78 is 2.15. The molecule has 0 atom stereocenters. The number of hydrogen-bond acceptors (Lipinski definition) is 3. The lowest BCUT2D eigenvalue weighted by atomic mass is 10.2. The summed E-state index contributed by atoms with van der Waals surface area (Å²) in [4.78, 5) is 13.1. The van der Waals surface area contributed by atoms with Gasteiger partial charge < -0.3 is 15.6 Å². The number of aliphatic imine (C=N–C) groups is 1. The molecule has 0 unspecified atom stereocenters. The van der Waals surface area contributed by atoms with Crippen molar-refractivity contribution in [2.24, 2.45) is 10.7 Å². The van der Waals surface area contributed by atoms with Crippen LogP contribution in [0.3, 0.4) is 0 Å². The molecule has 0 saturated heterocycles. The molecular weight excluding hydrogens is 451 g/mol. The van der Waals surface area contributed by atoms with E-state index in [-0.39, 0.29) is 24.0 Å². The highest BCUT2D eigenvalue weighted by atomic mass is 127. The van der Waals surface area contributed by atoms with Crippen LogP contribution < -0.4 is 11.1 Å². The van der Waals surface area contributed by atoms with E-state index < -0.39 is 0 Å². The molecule has 0 bridgehead atoms. The number of aromatic nitrogens is 3. The van der Waals surface area contributed by atoms with Gasteiger partial charge in [-0.25, -0.2) is 4.98 Å². The third-order valence-corrected chi connectivity index (χ3v) is 4.03. The van der Waals surface area contributed by atoms with Gasteiger partial charge in [-0.15, -0.1) is 24.0 Å². The second kappa shape index (κ2) is 11.3. The van der Waals surface area contributed by atoms with Gasteiger partial charge in [0, 0.05) is 56.8 Å². The van der Waals surface area contributed by atoms with E-state index in [2.05, 4.69) is 37.0 Å². The largest absolute Gasteiger partial charge is 0.370 e. The van der Waals surface area contributed by atoms with Gasteiger partial charge in [-0.05, 0) is 17.7 Å². The molecule has 0 saturated carbocycles. The molecule has 0 spiro atoms. The van der Waals surface area contributed by atoms with E-state index >= 15 is 0 Å². The molecule has 0 radical (unpaired) electrons. The molecule has 0 aliphatic rings. The Labute approximate surface area is 177 Å². The fourth-order valence-electron chi connectivity index (χ4n) is 2.69. The quantitative estimate of drug-likeness (QED) is 0.298. The van der Waals surface area contributed by atoms with Crippen molar-refractivity contribution in [3.8, 4) is 0 Å². The minimum Gasteiger partial charge on any atom is -0.370 e. The number of nitrogens with two attached hydrogens (primary N) is 1. The molecule has 7 heteroatoms. The van der Waals surface area contributed by atoms with Gasteiger partial charge in [-0.1, -0.05) is 36.4 Å². The first kappa shape index (κ1) is 20.9. The molecule has 0 amide bonds. The molecule has 2 aromatic heterocycles. The van der Waals surface area contributed by atoms with Crippen LogP contribution in [-0.2, 0) is 19.4 Å². The number of nitrogens with one attached hydrogen (secondary N) is 1. The molecule has 27 heavy (non-hydrogen) atoms. The van der Waals surface area contributed by atoms with Gasteiger partial charge in [0.25, 0.3) is 0 Å². The van der Waals surface area contributed by atoms with Gasteiger partial charge in [0.15, 0.2) is 5.96 Å². The van der Waals surface area contributed by atoms with Crippen LogP contribution >= 0.6 is 24.0 Å². The van der Waals surface area contributed by atoms with Crippen molar-refractivity contribution in [1.82, 2.24) is 19.9 Å². The molecule has 1 aromatic carbocycles. The Kier molecular flexibility index (Phi) is 8.76. The van der Waals surface area contributed by atoms with Crippen molar-refractivity contribution in [3.63, 3.8) is 0 Å². The molecule has 142 valence electrons. The second-order valence-corrected chi connectivity index (χ2v) is 5.97. The molecule has 3 aromatic rings. The summed E-state index contributed by atoms with van der Waals surface area (Å²) in [6.07, 6.45) is 7.20. The van der Waals surface area contributed by atoms with Crippen molar-refractivity contribution in [1.29, 1.82) is 0 Å². The summed E-state index contributed by atoms with van der Waals surface area (Å²) in [5.74, 6) is 1.47. The maximum atomic E-state index is 5.93. The topological polar surface area (TPSA) is 81.1 Å². The lowest BCUT2D eigenvalue weighted by Crippen LogP contribution is -2.33. The molecule has 3 rings (SSSR count). The van der Waals surface area contributed by atoms with Crippen LogP contribution in [0.15, 0.2) is 72.1 Å². The average molecular weight is 476 g/mol. The Bertz CT molecular complexity index is 817. The summed E-state index contributed by atoms with van der Waals surface area (Å²) in [5, 5.41) is 3.13. The third-order valence-electron chi connectivity index (χ3n) is 4.03. The highest BCUT2D eigenvalue weighted by Gasteiger charge is 2.03. The summed E-state index contributed by atoms with van der Waals surface area (Å²) in [6, 6.07) is 16.3. The zero-order valence-electron chi connectivity index (χ0n) is 15.2. The van der Waals surface area contributed by atoms with Crippen molar-refractivity contribution < 1.29 is 0 Å². The predicted molar refractivity (Wildman–Crippen MR) is 119 cm³/mol. The monoisotopic (exact) mass is 476 g/mol. The van der Waals surface area contributed by atoms with E-state index in [1.54, 1.807) is 6.20 Å². The normalized spacial score (nSPS) is 11.0. The van der Waals surface area contributed by atoms with Gasteiger partial charge in [0.05, 0.1) is 0 Å². The third kappa shape index (κ3) is 7.01. The van der Waals surface area contributed by atoms with E-state index in [1.807, 2.05) is 48.8 Å². The van der Waals surface area contributed by atoms with Crippen LogP contribution in [0.2, 0.25) is 0 Å². The van der Waals surface area contributed by atoms with Crippen molar-refractivity contribution in [2.45, 2.75) is 19.4 Å². The number of guanidine groups is 1. The van der Waals surface area contributed by atoms with Crippen LogP contribution in [0.4, 0.5) is 0 Å². The van der Waals surface area contributed by atoms with Gasteiger partial charge in [-0.3, -0.25) is 9.98 Å². The highest BCUT2D eigenvalue weighted by Crippen LogP contribution is 2.06. The van der Waals surface area contributed by atoms with Crippen LogP contribution in [0.5, 0.6) is 0 Å². The molecule has 0 aliphatic carbocycles. The average Bonchev–Trinajstić information content (AvgIpc) is 3.10. The molecule has 3 N–H and O–H groups in total. The standard InChI is InChI=1S/C20H24N6.HI/c21-20(24-12-9-18-8-4-5-11-22-18)25-13-10-19-23-14-15-26(19)16-17-6-2-1-3-7-17;/h1-8,11,14-15H,9-10,12-13,16H2,(H3,21,24,25);1H. The van der Waals surface area contributed by atoms with Crippen LogP contribution in [-0.4, -0.2) is 33.6 Å². The smallest absolute Gasteiger partial charge is 0.188 e. The van der Waals surface area contributed by atoms with E-state index in [4.69, 9.17) is 5.73 Å². The molecular formula is C20H25IN6. The summed E-state index contributed by atoms with van der Waals surface area (Å²) in [7, 11) is 0. The number of rotatable bonds is 8. The first-order valence-corrected chi connectivity index (χ1v) is 8.79. The van der Waals surface area contributed by atoms with E-state index in [0.29, 0.717) is 12.5 Å². The first-order chi connectivity index (χ1) is 12.8. The molecule has 0 fully saturated rings. The number of nitrogens with zero attached hydrogens (tertiary/aromatic N) is 4. The lowest BCUT2D eigenvalue weighted by Gasteiger charge is -2.08. The van der Waals surface area contributed by atoms with E-state index in [1.165, 1.54) is 5.56 Å². The zero-order valence-corrected chi connectivity index (χ0v) is 17.5. The van der Waals surface area contributed by atoms with Crippen molar-refractivity contribution >= 4 is 29.9 Å². The first-order valence-electron chi connectivity index (χ1n) is 8.79. The summed E-state index contributed by atoms with van der Waals surface area (Å²) in [5.41, 5.74) is 8.22. The highest BCUT2D eigenvalue weighted by molar-refractivity contribution is 14.0. The Balaban J connectivity index is 0.00000261.